The van der Waals surface area contributed by atoms with E-state index in [1.807, 2.05) is 6.92 Å². The predicted molar refractivity (Wildman–Crippen MR) is 92.3 cm³/mol. The van der Waals surface area contributed by atoms with Crippen molar-refractivity contribution in [2.24, 2.45) is 0 Å². The summed E-state index contributed by atoms with van der Waals surface area (Å²) in [5.74, 6) is -0.393. The monoisotopic (exact) mass is 373 g/mol. The number of aromatic nitrogens is 1. The zero-order chi connectivity index (χ0) is 16.6. The van der Waals surface area contributed by atoms with Gasteiger partial charge in [-0.1, -0.05) is 22.8 Å². The molecule has 3 rings (SSSR count). The van der Waals surface area contributed by atoms with Gasteiger partial charge in [0.1, 0.15) is 22.8 Å². The van der Waals surface area contributed by atoms with Crippen LogP contribution in [0.1, 0.15) is 23.0 Å². The summed E-state index contributed by atoms with van der Waals surface area (Å²) in [4.78, 5) is 14.6. The molecule has 1 aromatic heterocycles. The van der Waals surface area contributed by atoms with Crippen molar-refractivity contribution in [3.8, 4) is 11.3 Å². The summed E-state index contributed by atoms with van der Waals surface area (Å²) in [7, 11) is 0. The van der Waals surface area contributed by atoms with Gasteiger partial charge in [0, 0.05) is 25.7 Å². The lowest BCUT2D eigenvalue weighted by molar-refractivity contribution is 0.0708. The number of amides is 1. The van der Waals surface area contributed by atoms with Gasteiger partial charge in [0.15, 0.2) is 0 Å². The molecule has 1 atom stereocenters. The summed E-state index contributed by atoms with van der Waals surface area (Å²) >= 11 is 6.10. The fraction of sp³-hybridized carbons (Fsp3) is 0.375. The minimum absolute atomic E-state index is 0. The number of nitrogens with zero attached hydrogens (tertiary/aromatic N) is 2. The summed E-state index contributed by atoms with van der Waals surface area (Å²) in [6.07, 6.45) is 0. The van der Waals surface area contributed by atoms with Gasteiger partial charge in [-0.25, -0.2) is 4.39 Å². The van der Waals surface area contributed by atoms with Gasteiger partial charge in [-0.05, 0) is 26.0 Å². The first-order valence-corrected chi connectivity index (χ1v) is 7.80. The van der Waals surface area contributed by atoms with Gasteiger partial charge in [-0.2, -0.15) is 0 Å². The smallest absolute Gasteiger partial charge is 0.259 e. The Hall–Kier alpha value is -1.63. The zero-order valence-corrected chi connectivity index (χ0v) is 14.9. The van der Waals surface area contributed by atoms with Crippen LogP contribution in [0.4, 0.5) is 4.39 Å². The van der Waals surface area contributed by atoms with Crippen LogP contribution in [0.25, 0.3) is 11.3 Å². The second-order valence-corrected chi connectivity index (χ2v) is 6.07. The Kier molecular flexibility index (Phi) is 5.85. The third-order valence-electron chi connectivity index (χ3n) is 3.93. The molecule has 2 aromatic rings. The Balaban J connectivity index is 0.00000208. The van der Waals surface area contributed by atoms with Crippen LogP contribution in [0.5, 0.6) is 0 Å². The maximum Gasteiger partial charge on any atom is 0.259 e. The molecule has 130 valence electrons. The predicted octanol–water partition coefficient (Wildman–Crippen LogP) is 3.30. The summed E-state index contributed by atoms with van der Waals surface area (Å²) in [6.45, 7) is 5.53. The molecular formula is C16H18Cl2FN3O2. The molecule has 1 unspecified atom stereocenters. The van der Waals surface area contributed by atoms with Crippen LogP contribution < -0.4 is 5.32 Å². The first-order valence-electron chi connectivity index (χ1n) is 7.42. The van der Waals surface area contributed by atoms with E-state index in [-0.39, 0.29) is 46.2 Å². The molecule has 0 bridgehead atoms. The number of halogens is 3. The molecule has 0 aliphatic carbocycles. The molecule has 5 nitrogen and oxygen atoms in total. The highest BCUT2D eigenvalue weighted by Gasteiger charge is 2.30. The number of hydrogen-bond donors (Lipinski definition) is 1. The molecule has 24 heavy (non-hydrogen) atoms. The van der Waals surface area contributed by atoms with Crippen molar-refractivity contribution in [1.82, 2.24) is 15.4 Å². The largest absolute Gasteiger partial charge is 0.360 e. The average molecular weight is 374 g/mol. The number of carbonyl (C=O) groups excluding carboxylic acids is 1. The SMILES string of the molecule is Cc1onc(-c2c(F)cccc2Cl)c1C(=O)N1CCNC(C)C1.Cl. The van der Waals surface area contributed by atoms with Crippen LogP contribution in [-0.4, -0.2) is 41.6 Å². The lowest BCUT2D eigenvalue weighted by Crippen LogP contribution is -2.51. The van der Waals surface area contributed by atoms with E-state index >= 15 is 0 Å². The van der Waals surface area contributed by atoms with Crippen molar-refractivity contribution < 1.29 is 13.7 Å². The highest BCUT2D eigenvalue weighted by atomic mass is 35.5. The summed E-state index contributed by atoms with van der Waals surface area (Å²) in [5, 5.41) is 7.35. The van der Waals surface area contributed by atoms with Gasteiger partial charge in [0.2, 0.25) is 0 Å². The van der Waals surface area contributed by atoms with E-state index in [4.69, 9.17) is 16.1 Å². The first-order chi connectivity index (χ1) is 11.0. The summed E-state index contributed by atoms with van der Waals surface area (Å²) < 4.78 is 19.4. The van der Waals surface area contributed by atoms with E-state index in [9.17, 15) is 9.18 Å². The highest BCUT2D eigenvalue weighted by molar-refractivity contribution is 6.33. The topological polar surface area (TPSA) is 58.4 Å². The van der Waals surface area contributed by atoms with E-state index < -0.39 is 5.82 Å². The molecule has 1 saturated heterocycles. The third kappa shape index (κ3) is 3.41. The molecule has 8 heteroatoms. The number of hydrogen-bond acceptors (Lipinski definition) is 4. The second-order valence-electron chi connectivity index (χ2n) is 5.67. The van der Waals surface area contributed by atoms with Gasteiger partial charge in [-0.3, -0.25) is 4.79 Å². The van der Waals surface area contributed by atoms with E-state index in [2.05, 4.69) is 10.5 Å². The van der Waals surface area contributed by atoms with Crippen LogP contribution in [-0.2, 0) is 0 Å². The number of carbonyl (C=O) groups is 1. The minimum atomic E-state index is -0.534. The molecule has 1 fully saturated rings. The zero-order valence-electron chi connectivity index (χ0n) is 13.3. The molecule has 1 aliphatic heterocycles. The van der Waals surface area contributed by atoms with Gasteiger partial charge in [-0.15, -0.1) is 12.4 Å². The van der Waals surface area contributed by atoms with Crippen molar-refractivity contribution in [3.63, 3.8) is 0 Å². The van der Waals surface area contributed by atoms with Crippen LogP contribution >= 0.6 is 24.0 Å². The fourth-order valence-corrected chi connectivity index (χ4v) is 3.05. The van der Waals surface area contributed by atoms with Crippen LogP contribution in [0, 0.1) is 12.7 Å². The lowest BCUT2D eigenvalue weighted by Gasteiger charge is -2.31. The maximum atomic E-state index is 14.2. The minimum Gasteiger partial charge on any atom is -0.360 e. The standard InChI is InChI=1S/C16H17ClFN3O2.ClH/c1-9-8-21(7-6-19-9)16(22)13-10(2)23-20-15(13)14-11(17)4-3-5-12(14)18;/h3-5,9,19H,6-8H2,1-2H3;1H. The van der Waals surface area contributed by atoms with Gasteiger partial charge < -0.3 is 14.7 Å². The summed E-state index contributed by atoms with van der Waals surface area (Å²) in [6, 6.07) is 4.55. The highest BCUT2D eigenvalue weighted by Crippen LogP contribution is 2.34. The first kappa shape index (κ1) is 18.7. The van der Waals surface area contributed by atoms with Crippen molar-refractivity contribution >= 4 is 29.9 Å². The van der Waals surface area contributed by atoms with Gasteiger partial charge in [0.05, 0.1) is 10.6 Å². The molecule has 0 radical (unpaired) electrons. The second kappa shape index (κ2) is 7.51. The van der Waals surface area contributed by atoms with Crippen molar-refractivity contribution in [2.75, 3.05) is 19.6 Å². The van der Waals surface area contributed by atoms with E-state index in [0.717, 1.165) is 0 Å². The molecule has 1 amide bonds. The Morgan fingerprint density at radius 3 is 2.92 bits per heavy atom. The Bertz CT molecular complexity index is 731. The summed E-state index contributed by atoms with van der Waals surface area (Å²) in [5.41, 5.74) is 0.519. The molecule has 1 aliphatic rings. The number of rotatable bonds is 2. The normalized spacial score (nSPS) is 17.5. The van der Waals surface area contributed by atoms with Crippen molar-refractivity contribution in [2.45, 2.75) is 19.9 Å². The molecule has 0 spiro atoms. The molecule has 1 N–H and O–H groups in total. The van der Waals surface area contributed by atoms with Gasteiger partial charge in [0.25, 0.3) is 5.91 Å². The Labute approximate surface area is 150 Å². The molecule has 1 aromatic carbocycles. The molecular weight excluding hydrogens is 356 g/mol. The van der Waals surface area contributed by atoms with E-state index in [1.54, 1.807) is 17.9 Å². The van der Waals surface area contributed by atoms with Crippen LogP contribution in [0.2, 0.25) is 5.02 Å². The number of benzene rings is 1. The Morgan fingerprint density at radius 1 is 1.50 bits per heavy atom. The lowest BCUT2D eigenvalue weighted by atomic mass is 10.0. The average Bonchev–Trinajstić information content (AvgIpc) is 2.88. The number of nitrogens with one attached hydrogen (secondary N) is 1. The van der Waals surface area contributed by atoms with Crippen molar-refractivity contribution in [3.05, 3.63) is 40.4 Å². The maximum absolute atomic E-state index is 14.2. The van der Waals surface area contributed by atoms with Gasteiger partial charge >= 0.3 is 0 Å². The number of aryl methyl sites for hydroxylation is 1. The number of piperazine rings is 1. The van der Waals surface area contributed by atoms with E-state index in [1.165, 1.54) is 12.1 Å². The van der Waals surface area contributed by atoms with Crippen molar-refractivity contribution in [1.29, 1.82) is 0 Å². The van der Waals surface area contributed by atoms with E-state index in [0.29, 0.717) is 25.4 Å². The molecule has 2 heterocycles. The fourth-order valence-electron chi connectivity index (χ4n) is 2.79. The third-order valence-corrected chi connectivity index (χ3v) is 4.25. The van der Waals surface area contributed by atoms with Crippen LogP contribution in [0.3, 0.4) is 0 Å². The molecule has 0 saturated carbocycles. The quantitative estimate of drug-likeness (QED) is 0.877. The van der Waals surface area contributed by atoms with Crippen LogP contribution in [0.15, 0.2) is 22.7 Å². The Morgan fingerprint density at radius 2 is 2.25 bits per heavy atom.